The molecule has 1 aromatic carbocycles. The van der Waals surface area contributed by atoms with Gasteiger partial charge >= 0.3 is 6.18 Å². The first-order chi connectivity index (χ1) is 16.0. The number of aromatic nitrogens is 2. The normalized spacial score (nSPS) is 25.7. The highest BCUT2D eigenvalue weighted by Gasteiger charge is 2.57. The Kier molecular flexibility index (Phi) is 4.79. The second-order valence-electron chi connectivity index (χ2n) is 9.62. The van der Waals surface area contributed by atoms with Crippen molar-refractivity contribution in [2.75, 3.05) is 0 Å². The van der Waals surface area contributed by atoms with Gasteiger partial charge in [-0.3, -0.25) is 4.79 Å². The molecule has 2 aromatic rings. The van der Waals surface area contributed by atoms with Gasteiger partial charge in [-0.15, -0.1) is 5.11 Å². The number of nitrogens with zero attached hydrogens (tertiary/aromatic N) is 4. The van der Waals surface area contributed by atoms with E-state index < -0.39 is 29.0 Å². The standard InChI is InChI=1S/C24H25F3N6O/c1-5-23(14-8-6-7-13(9-14)16-11-28-12-33(16)4)17-15(10-22(2,3)30-21(17)34)29-20-18(23)19(31-32-20)24(25,26)27/h6-9,11-12,20,29H,5,10H2,1-4H3,(H,30,34)/t20?,23-/m1/s1. The van der Waals surface area contributed by atoms with E-state index in [9.17, 15) is 18.0 Å². The lowest BCUT2D eigenvalue weighted by atomic mass is 9.61. The van der Waals surface area contributed by atoms with Gasteiger partial charge in [0.2, 0.25) is 0 Å². The summed E-state index contributed by atoms with van der Waals surface area (Å²) in [6.07, 6.45) is -1.67. The van der Waals surface area contributed by atoms with Gasteiger partial charge in [-0.05, 0) is 31.9 Å². The fourth-order valence-electron chi connectivity index (χ4n) is 5.51. The molecule has 0 bridgehead atoms. The molecule has 0 saturated carbocycles. The van der Waals surface area contributed by atoms with Crippen LogP contribution in [0.1, 0.15) is 39.2 Å². The van der Waals surface area contributed by atoms with Crippen molar-refractivity contribution in [3.8, 4) is 11.3 Å². The zero-order valence-electron chi connectivity index (χ0n) is 19.3. The second-order valence-corrected chi connectivity index (χ2v) is 9.62. The quantitative estimate of drug-likeness (QED) is 0.693. The fourth-order valence-corrected chi connectivity index (χ4v) is 5.51. The lowest BCUT2D eigenvalue weighted by Crippen LogP contribution is -2.58. The van der Waals surface area contributed by atoms with Gasteiger partial charge in [-0.2, -0.15) is 18.3 Å². The molecule has 10 heteroatoms. The fraction of sp³-hybridized carbons (Fsp3) is 0.417. The van der Waals surface area contributed by atoms with Gasteiger partial charge in [-0.1, -0.05) is 25.1 Å². The molecular formula is C24H25F3N6O. The Morgan fingerprint density at radius 3 is 2.68 bits per heavy atom. The molecule has 0 fully saturated rings. The summed E-state index contributed by atoms with van der Waals surface area (Å²) in [7, 11) is 1.85. The third-order valence-corrected chi connectivity index (χ3v) is 6.87. The highest BCUT2D eigenvalue weighted by molar-refractivity contribution is 6.00. The summed E-state index contributed by atoms with van der Waals surface area (Å²) >= 11 is 0. The van der Waals surface area contributed by atoms with Crippen LogP contribution in [-0.4, -0.2) is 33.3 Å². The Bertz CT molecular complexity index is 1290. The number of carbonyl (C=O) groups is 1. The average molecular weight is 470 g/mol. The van der Waals surface area contributed by atoms with Crippen LogP contribution >= 0.6 is 0 Å². The lowest BCUT2D eigenvalue weighted by Gasteiger charge is -2.48. The Labute approximate surface area is 194 Å². The van der Waals surface area contributed by atoms with Crippen LogP contribution in [0.25, 0.3) is 11.3 Å². The van der Waals surface area contributed by atoms with Crippen LogP contribution in [0.4, 0.5) is 13.2 Å². The van der Waals surface area contributed by atoms with Crippen molar-refractivity contribution >= 4 is 5.91 Å². The van der Waals surface area contributed by atoms with Crippen LogP contribution in [0.3, 0.4) is 0 Å². The van der Waals surface area contributed by atoms with E-state index >= 15 is 0 Å². The van der Waals surface area contributed by atoms with E-state index in [1.165, 1.54) is 0 Å². The highest BCUT2D eigenvalue weighted by Crippen LogP contribution is 2.55. The van der Waals surface area contributed by atoms with E-state index in [1.54, 1.807) is 31.6 Å². The van der Waals surface area contributed by atoms with Gasteiger partial charge in [0.1, 0.15) is 0 Å². The SMILES string of the molecule is CC[C@@]1(c2cccc(-c3cncn3C)c2)C2=C(CC(C)(C)NC2=O)NC2N=NC(C(F)(F)F)=C21. The number of carbonyl (C=O) groups excluding carboxylic acids is 1. The van der Waals surface area contributed by atoms with Gasteiger partial charge in [0.05, 0.1) is 29.2 Å². The van der Waals surface area contributed by atoms with Crippen LogP contribution in [-0.2, 0) is 17.3 Å². The molecule has 2 N–H and O–H groups in total. The van der Waals surface area contributed by atoms with Crippen molar-refractivity contribution < 1.29 is 18.0 Å². The molecule has 0 saturated heterocycles. The predicted molar refractivity (Wildman–Crippen MR) is 119 cm³/mol. The number of imidazole rings is 1. The third-order valence-electron chi connectivity index (χ3n) is 6.87. The van der Waals surface area contributed by atoms with Crippen molar-refractivity contribution in [3.05, 3.63) is 64.9 Å². The van der Waals surface area contributed by atoms with Crippen molar-refractivity contribution in [1.29, 1.82) is 0 Å². The van der Waals surface area contributed by atoms with Crippen molar-refractivity contribution in [3.63, 3.8) is 0 Å². The maximum absolute atomic E-state index is 14.2. The molecule has 3 aliphatic heterocycles. The number of halogens is 3. The molecular weight excluding hydrogens is 445 g/mol. The summed E-state index contributed by atoms with van der Waals surface area (Å²) in [5, 5.41) is 13.6. The number of azo groups is 1. The van der Waals surface area contributed by atoms with Gasteiger partial charge in [0.25, 0.3) is 5.91 Å². The number of allylic oxidation sites excluding steroid dienone is 1. The number of fused-ring (bicyclic) bond motifs is 1. The number of alkyl halides is 3. The minimum Gasteiger partial charge on any atom is -0.362 e. The van der Waals surface area contributed by atoms with Crippen molar-refractivity contribution in [2.45, 2.75) is 56.9 Å². The van der Waals surface area contributed by atoms with Crippen molar-refractivity contribution in [2.24, 2.45) is 17.3 Å². The summed E-state index contributed by atoms with van der Waals surface area (Å²) < 4.78 is 44.3. The number of amides is 1. The van der Waals surface area contributed by atoms with Crippen LogP contribution < -0.4 is 10.6 Å². The molecule has 178 valence electrons. The zero-order valence-corrected chi connectivity index (χ0v) is 19.3. The van der Waals surface area contributed by atoms with E-state index in [-0.39, 0.29) is 17.9 Å². The largest absolute Gasteiger partial charge is 0.435 e. The van der Waals surface area contributed by atoms with Gasteiger partial charge in [0.15, 0.2) is 11.9 Å². The predicted octanol–water partition coefficient (Wildman–Crippen LogP) is 4.50. The molecule has 4 heterocycles. The van der Waals surface area contributed by atoms with Gasteiger partial charge in [-0.25, -0.2) is 4.98 Å². The molecule has 1 unspecified atom stereocenters. The highest BCUT2D eigenvalue weighted by atomic mass is 19.4. The van der Waals surface area contributed by atoms with E-state index in [2.05, 4.69) is 25.8 Å². The second kappa shape index (κ2) is 7.28. The third kappa shape index (κ3) is 3.19. The zero-order chi connectivity index (χ0) is 24.5. The molecule has 34 heavy (non-hydrogen) atoms. The molecule has 1 amide bonds. The summed E-state index contributed by atoms with van der Waals surface area (Å²) in [5.41, 5.74) is 0.131. The summed E-state index contributed by atoms with van der Waals surface area (Å²) in [6, 6.07) is 7.31. The summed E-state index contributed by atoms with van der Waals surface area (Å²) in [5.74, 6) is -0.383. The van der Waals surface area contributed by atoms with Crippen LogP contribution in [0.2, 0.25) is 0 Å². The maximum atomic E-state index is 14.2. The monoisotopic (exact) mass is 470 g/mol. The molecule has 7 nitrogen and oxygen atoms in total. The topological polar surface area (TPSA) is 83.7 Å². The average Bonchev–Trinajstić information content (AvgIpc) is 3.37. The first kappa shape index (κ1) is 22.4. The molecule has 3 aliphatic rings. The molecule has 1 aromatic heterocycles. The summed E-state index contributed by atoms with van der Waals surface area (Å²) in [6.45, 7) is 5.57. The Balaban J connectivity index is 1.83. The number of aryl methyl sites for hydroxylation is 1. The number of nitrogens with one attached hydrogen (secondary N) is 2. The first-order valence-corrected chi connectivity index (χ1v) is 11.1. The lowest BCUT2D eigenvalue weighted by molar-refractivity contribution is -0.120. The van der Waals surface area contributed by atoms with Crippen LogP contribution in [0.5, 0.6) is 0 Å². The van der Waals surface area contributed by atoms with Gasteiger partial charge < -0.3 is 15.2 Å². The van der Waals surface area contributed by atoms with E-state index in [1.807, 2.05) is 37.6 Å². The first-order valence-electron chi connectivity index (χ1n) is 11.1. The Morgan fingerprint density at radius 1 is 1.26 bits per heavy atom. The number of rotatable bonds is 3. The van der Waals surface area contributed by atoms with Crippen LogP contribution in [0, 0.1) is 0 Å². The maximum Gasteiger partial charge on any atom is 0.435 e. The summed E-state index contributed by atoms with van der Waals surface area (Å²) in [4.78, 5) is 17.7. The van der Waals surface area contributed by atoms with Crippen molar-refractivity contribution in [1.82, 2.24) is 20.2 Å². The van der Waals surface area contributed by atoms with E-state index in [0.717, 1.165) is 11.3 Å². The minimum absolute atomic E-state index is 0.0294. The smallest absolute Gasteiger partial charge is 0.362 e. The van der Waals surface area contributed by atoms with Gasteiger partial charge in [0, 0.05) is 35.8 Å². The molecule has 0 aliphatic carbocycles. The number of hydrogen-bond acceptors (Lipinski definition) is 5. The van der Waals surface area contributed by atoms with E-state index in [0.29, 0.717) is 23.3 Å². The van der Waals surface area contributed by atoms with E-state index in [4.69, 9.17) is 0 Å². The minimum atomic E-state index is -4.71. The Hall–Kier alpha value is -3.43. The molecule has 0 radical (unpaired) electrons. The number of benzene rings is 1. The van der Waals surface area contributed by atoms with Crippen LogP contribution in [0.15, 0.2) is 69.6 Å². The number of hydrogen-bond donors (Lipinski definition) is 2. The molecule has 0 spiro atoms. The molecule has 2 atom stereocenters. The molecule has 5 rings (SSSR count). The Morgan fingerprint density at radius 2 is 2.03 bits per heavy atom.